The van der Waals surface area contributed by atoms with E-state index >= 15 is 0 Å². The summed E-state index contributed by atoms with van der Waals surface area (Å²) in [5, 5.41) is 2.47. The van der Waals surface area contributed by atoms with Crippen molar-refractivity contribution in [2.75, 3.05) is 13.7 Å². The third-order valence-electron chi connectivity index (χ3n) is 3.50. The maximum atomic E-state index is 13.1. The molecule has 0 aliphatic heterocycles. The lowest BCUT2D eigenvalue weighted by Gasteiger charge is -2.16. The van der Waals surface area contributed by atoms with Crippen molar-refractivity contribution in [3.63, 3.8) is 0 Å². The van der Waals surface area contributed by atoms with Gasteiger partial charge in [0.1, 0.15) is 11.9 Å². The number of hydrogen-bond acceptors (Lipinski definition) is 5. The summed E-state index contributed by atoms with van der Waals surface area (Å²) in [6.07, 6.45) is 0.233. The molecule has 1 amide bonds. The summed E-state index contributed by atoms with van der Waals surface area (Å²) >= 11 is 0. The van der Waals surface area contributed by atoms with Crippen LogP contribution in [0, 0.1) is 5.82 Å². The highest BCUT2D eigenvalue weighted by molar-refractivity contribution is 5.92. The fourth-order valence-corrected chi connectivity index (χ4v) is 2.25. The van der Waals surface area contributed by atoms with Gasteiger partial charge in [-0.2, -0.15) is 0 Å². The Morgan fingerprint density at radius 2 is 1.81 bits per heavy atom. The molecule has 0 fully saturated rings. The van der Waals surface area contributed by atoms with Crippen LogP contribution in [0.15, 0.2) is 54.6 Å². The van der Waals surface area contributed by atoms with Gasteiger partial charge in [-0.15, -0.1) is 0 Å². The fourth-order valence-electron chi connectivity index (χ4n) is 2.25. The van der Waals surface area contributed by atoms with Gasteiger partial charge < -0.3 is 14.8 Å². The van der Waals surface area contributed by atoms with Crippen LogP contribution in [0.3, 0.4) is 0 Å². The van der Waals surface area contributed by atoms with Crippen LogP contribution in [0.1, 0.15) is 15.9 Å². The molecular weight excluding hydrogens is 341 g/mol. The third kappa shape index (κ3) is 5.70. The quantitative estimate of drug-likeness (QED) is 0.764. The van der Waals surface area contributed by atoms with Crippen molar-refractivity contribution in [1.29, 1.82) is 0 Å². The number of benzene rings is 2. The van der Waals surface area contributed by atoms with E-state index in [0.29, 0.717) is 0 Å². The lowest BCUT2D eigenvalue weighted by molar-refractivity contribution is -0.145. The lowest BCUT2D eigenvalue weighted by atomic mass is 10.1. The molecule has 0 saturated heterocycles. The van der Waals surface area contributed by atoms with Crippen molar-refractivity contribution in [1.82, 2.24) is 5.32 Å². The van der Waals surface area contributed by atoms with E-state index in [9.17, 15) is 18.8 Å². The molecule has 0 aliphatic rings. The molecular formula is C19H18FNO5. The van der Waals surface area contributed by atoms with Crippen LogP contribution in [0.4, 0.5) is 4.39 Å². The number of rotatable bonds is 7. The molecule has 0 aromatic heterocycles. The maximum absolute atomic E-state index is 13.1. The predicted molar refractivity (Wildman–Crippen MR) is 90.8 cm³/mol. The number of esters is 2. The van der Waals surface area contributed by atoms with E-state index in [0.717, 1.165) is 11.6 Å². The van der Waals surface area contributed by atoms with Crippen LogP contribution < -0.4 is 5.32 Å². The minimum absolute atomic E-state index is 0.00777. The van der Waals surface area contributed by atoms with E-state index in [1.54, 1.807) is 0 Å². The van der Waals surface area contributed by atoms with Crippen LogP contribution in [0.5, 0.6) is 0 Å². The van der Waals surface area contributed by atoms with E-state index in [1.165, 1.54) is 25.3 Å². The summed E-state index contributed by atoms with van der Waals surface area (Å²) in [5.74, 6) is -2.70. The molecule has 136 valence electrons. The van der Waals surface area contributed by atoms with Crippen LogP contribution in [-0.2, 0) is 25.5 Å². The van der Waals surface area contributed by atoms with Crippen LogP contribution in [-0.4, -0.2) is 37.6 Å². The molecule has 1 atom stereocenters. The Balaban J connectivity index is 1.92. The van der Waals surface area contributed by atoms with E-state index < -0.39 is 36.3 Å². The highest BCUT2D eigenvalue weighted by Gasteiger charge is 2.22. The second kappa shape index (κ2) is 9.31. The number of halogens is 1. The van der Waals surface area contributed by atoms with Crippen molar-refractivity contribution < 1.29 is 28.2 Å². The molecule has 0 radical (unpaired) electrons. The number of ether oxygens (including phenoxy) is 2. The monoisotopic (exact) mass is 359 g/mol. The summed E-state index contributed by atoms with van der Waals surface area (Å²) in [5.41, 5.74) is 0.826. The van der Waals surface area contributed by atoms with Crippen LogP contribution >= 0.6 is 0 Å². The number of nitrogens with one attached hydrogen (secondary N) is 1. The lowest BCUT2D eigenvalue weighted by Crippen LogP contribution is -2.44. The minimum atomic E-state index is -0.914. The van der Waals surface area contributed by atoms with E-state index in [2.05, 4.69) is 5.32 Å². The molecule has 0 bridgehead atoms. The molecule has 0 saturated carbocycles. The van der Waals surface area contributed by atoms with Crippen molar-refractivity contribution in [2.45, 2.75) is 12.5 Å². The molecule has 0 spiro atoms. The average Bonchev–Trinajstić information content (AvgIpc) is 2.65. The molecule has 7 heteroatoms. The molecule has 0 aliphatic carbocycles. The van der Waals surface area contributed by atoms with Gasteiger partial charge in [-0.05, 0) is 23.8 Å². The van der Waals surface area contributed by atoms with Crippen molar-refractivity contribution in [3.05, 3.63) is 71.5 Å². The first kappa shape index (κ1) is 19.1. The molecule has 0 heterocycles. The van der Waals surface area contributed by atoms with Gasteiger partial charge in [0.05, 0.1) is 12.7 Å². The van der Waals surface area contributed by atoms with Crippen molar-refractivity contribution in [2.24, 2.45) is 0 Å². The number of carbonyl (C=O) groups excluding carboxylic acids is 3. The Labute approximate surface area is 149 Å². The van der Waals surface area contributed by atoms with Gasteiger partial charge in [0.15, 0.2) is 6.61 Å². The van der Waals surface area contributed by atoms with E-state index in [4.69, 9.17) is 9.47 Å². The first-order valence-electron chi connectivity index (χ1n) is 7.83. The standard InChI is InChI=1S/C19H18FNO5/c1-25-19(24)16(10-13-6-3-2-4-7-13)21-17(22)12-26-18(23)14-8-5-9-15(20)11-14/h2-9,11,16H,10,12H2,1H3,(H,21,22)/t16-/m1/s1. The smallest absolute Gasteiger partial charge is 0.338 e. The Morgan fingerprint density at radius 3 is 2.46 bits per heavy atom. The minimum Gasteiger partial charge on any atom is -0.467 e. The Morgan fingerprint density at radius 1 is 1.08 bits per heavy atom. The summed E-state index contributed by atoms with van der Waals surface area (Å²) in [7, 11) is 1.22. The van der Waals surface area contributed by atoms with Gasteiger partial charge in [-0.3, -0.25) is 4.79 Å². The zero-order valence-electron chi connectivity index (χ0n) is 14.1. The van der Waals surface area contributed by atoms with Gasteiger partial charge >= 0.3 is 11.9 Å². The summed E-state index contributed by atoms with van der Waals surface area (Å²) in [4.78, 5) is 35.7. The molecule has 2 aromatic rings. The SMILES string of the molecule is COC(=O)[C@@H](Cc1ccccc1)NC(=O)COC(=O)c1cccc(F)c1. The molecule has 0 unspecified atom stereocenters. The van der Waals surface area contributed by atoms with Crippen LogP contribution in [0.2, 0.25) is 0 Å². The number of methoxy groups -OCH3 is 1. The predicted octanol–water partition coefficient (Wildman–Crippen LogP) is 1.88. The molecule has 2 rings (SSSR count). The van der Waals surface area contributed by atoms with Crippen LogP contribution in [0.25, 0.3) is 0 Å². The number of amides is 1. The first-order chi connectivity index (χ1) is 12.5. The van der Waals surface area contributed by atoms with Crippen molar-refractivity contribution >= 4 is 17.8 Å². The zero-order valence-corrected chi connectivity index (χ0v) is 14.1. The summed E-state index contributed by atoms with van der Waals surface area (Å²) in [6, 6.07) is 13.1. The van der Waals surface area contributed by atoms with Gasteiger partial charge in [0, 0.05) is 6.42 Å². The molecule has 26 heavy (non-hydrogen) atoms. The Hall–Kier alpha value is -3.22. The van der Waals surface area contributed by atoms with E-state index in [1.807, 2.05) is 30.3 Å². The van der Waals surface area contributed by atoms with E-state index in [-0.39, 0.29) is 12.0 Å². The zero-order chi connectivity index (χ0) is 18.9. The molecule has 2 aromatic carbocycles. The third-order valence-corrected chi connectivity index (χ3v) is 3.50. The maximum Gasteiger partial charge on any atom is 0.338 e. The largest absolute Gasteiger partial charge is 0.467 e. The van der Waals surface area contributed by atoms with Gasteiger partial charge in [0.2, 0.25) is 0 Å². The first-order valence-corrected chi connectivity index (χ1v) is 7.83. The fraction of sp³-hybridized carbons (Fsp3) is 0.211. The summed E-state index contributed by atoms with van der Waals surface area (Å²) in [6.45, 7) is -0.600. The summed E-state index contributed by atoms with van der Waals surface area (Å²) < 4.78 is 22.6. The Bertz CT molecular complexity index is 779. The number of carbonyl (C=O) groups is 3. The molecule has 6 nitrogen and oxygen atoms in total. The Kier molecular flexibility index (Phi) is 6.84. The second-order valence-electron chi connectivity index (χ2n) is 5.42. The normalized spacial score (nSPS) is 11.3. The molecule has 1 N–H and O–H groups in total. The average molecular weight is 359 g/mol. The highest BCUT2D eigenvalue weighted by atomic mass is 19.1. The van der Waals surface area contributed by atoms with Crippen molar-refractivity contribution in [3.8, 4) is 0 Å². The number of hydrogen-bond donors (Lipinski definition) is 1. The second-order valence-corrected chi connectivity index (χ2v) is 5.42. The topological polar surface area (TPSA) is 81.7 Å². The van der Waals surface area contributed by atoms with Gasteiger partial charge in [-0.1, -0.05) is 36.4 Å². The van der Waals surface area contributed by atoms with Gasteiger partial charge in [0.25, 0.3) is 5.91 Å². The highest BCUT2D eigenvalue weighted by Crippen LogP contribution is 2.06. The van der Waals surface area contributed by atoms with Gasteiger partial charge in [-0.25, -0.2) is 14.0 Å².